The maximum atomic E-state index is 12.0. The van der Waals surface area contributed by atoms with Gasteiger partial charge in [0.15, 0.2) is 17.3 Å². The van der Waals surface area contributed by atoms with Crippen molar-refractivity contribution in [3.05, 3.63) is 84.1 Å². The van der Waals surface area contributed by atoms with Crippen LogP contribution in [0, 0.1) is 0 Å². The fourth-order valence-electron chi connectivity index (χ4n) is 2.21. The van der Waals surface area contributed by atoms with Crippen LogP contribution in [0.15, 0.2) is 71.4 Å². The topological polar surface area (TPSA) is 61.6 Å². The molecule has 0 saturated heterocycles. The lowest BCUT2D eigenvalue weighted by Crippen LogP contribution is -1.96. The molecule has 126 valence electrons. The number of para-hydroxylation sites is 2. The molecule has 0 aliphatic rings. The van der Waals surface area contributed by atoms with E-state index in [0.29, 0.717) is 28.6 Å². The molecule has 0 amide bonds. The minimum Gasteiger partial charge on any atom is -0.493 e. The maximum absolute atomic E-state index is 12.0. The second kappa shape index (κ2) is 7.97. The van der Waals surface area contributed by atoms with Gasteiger partial charge in [0.2, 0.25) is 0 Å². The van der Waals surface area contributed by atoms with Gasteiger partial charge in [-0.05, 0) is 48.6 Å². The molecule has 0 spiro atoms. The number of ketones is 1. The number of rotatable bonds is 7. The van der Waals surface area contributed by atoms with Crippen LogP contribution in [0.1, 0.15) is 21.9 Å². The van der Waals surface area contributed by atoms with Crippen molar-refractivity contribution < 1.29 is 18.7 Å². The molecule has 3 aromatic rings. The number of ether oxygens (including phenoxy) is 2. The van der Waals surface area contributed by atoms with Gasteiger partial charge in [-0.15, -0.1) is 0 Å². The first-order valence-electron chi connectivity index (χ1n) is 7.73. The Bertz CT molecular complexity index is 868. The Kier molecular flexibility index (Phi) is 5.26. The molecule has 0 aliphatic carbocycles. The predicted molar refractivity (Wildman–Crippen MR) is 93.6 cm³/mol. The van der Waals surface area contributed by atoms with E-state index in [2.05, 4.69) is 4.98 Å². The summed E-state index contributed by atoms with van der Waals surface area (Å²) >= 11 is 0. The van der Waals surface area contributed by atoms with Crippen molar-refractivity contribution in [3.63, 3.8) is 0 Å². The number of hydrogen-bond donors (Lipinski definition) is 0. The van der Waals surface area contributed by atoms with Crippen molar-refractivity contribution in [3.8, 4) is 11.5 Å². The summed E-state index contributed by atoms with van der Waals surface area (Å²) in [5, 5.41) is 0. The number of carbonyl (C=O) groups is 1. The van der Waals surface area contributed by atoms with Crippen LogP contribution in [0.4, 0.5) is 0 Å². The van der Waals surface area contributed by atoms with Gasteiger partial charge < -0.3 is 13.9 Å². The van der Waals surface area contributed by atoms with Crippen LogP contribution < -0.4 is 9.47 Å². The molecular formula is C20H17NO4. The van der Waals surface area contributed by atoms with Gasteiger partial charge in [0.25, 0.3) is 0 Å². The van der Waals surface area contributed by atoms with Crippen molar-refractivity contribution in [2.45, 2.75) is 6.61 Å². The van der Waals surface area contributed by atoms with E-state index in [1.807, 2.05) is 30.3 Å². The Morgan fingerprint density at radius 2 is 1.96 bits per heavy atom. The van der Waals surface area contributed by atoms with Gasteiger partial charge in [-0.1, -0.05) is 12.1 Å². The van der Waals surface area contributed by atoms with Gasteiger partial charge in [0.1, 0.15) is 18.1 Å². The predicted octanol–water partition coefficient (Wildman–Crippen LogP) is 4.16. The molecule has 2 heterocycles. The minimum atomic E-state index is -0.128. The summed E-state index contributed by atoms with van der Waals surface area (Å²) in [5.41, 5.74) is 0.532. The molecule has 0 bridgehead atoms. The highest BCUT2D eigenvalue weighted by Gasteiger charge is 2.06. The molecule has 0 atom stereocenters. The van der Waals surface area contributed by atoms with E-state index in [9.17, 15) is 4.79 Å². The molecule has 0 aliphatic heterocycles. The van der Waals surface area contributed by atoms with E-state index in [-0.39, 0.29) is 12.4 Å². The summed E-state index contributed by atoms with van der Waals surface area (Å²) < 4.78 is 16.6. The lowest BCUT2D eigenvalue weighted by atomic mass is 10.2. The SMILES string of the molecule is COc1ccccc1OCc1ccc(/C=C/C(=O)c2cccnc2)o1. The van der Waals surface area contributed by atoms with Crippen molar-refractivity contribution >= 4 is 11.9 Å². The fraction of sp³-hybridized carbons (Fsp3) is 0.100. The summed E-state index contributed by atoms with van der Waals surface area (Å²) in [6.45, 7) is 0.269. The monoisotopic (exact) mass is 335 g/mol. The highest BCUT2D eigenvalue weighted by atomic mass is 16.5. The lowest BCUT2D eigenvalue weighted by molar-refractivity contribution is 0.104. The van der Waals surface area contributed by atoms with Crippen LogP contribution >= 0.6 is 0 Å². The minimum absolute atomic E-state index is 0.128. The molecular weight excluding hydrogens is 318 g/mol. The third-order valence-corrected chi connectivity index (χ3v) is 3.47. The molecule has 25 heavy (non-hydrogen) atoms. The number of allylic oxidation sites excluding steroid dienone is 1. The zero-order valence-corrected chi connectivity index (χ0v) is 13.7. The van der Waals surface area contributed by atoms with E-state index in [0.717, 1.165) is 0 Å². The van der Waals surface area contributed by atoms with E-state index >= 15 is 0 Å². The van der Waals surface area contributed by atoms with Crippen LogP contribution in [0.25, 0.3) is 6.08 Å². The fourth-order valence-corrected chi connectivity index (χ4v) is 2.21. The van der Waals surface area contributed by atoms with Gasteiger partial charge in [-0.2, -0.15) is 0 Å². The smallest absolute Gasteiger partial charge is 0.187 e. The number of benzene rings is 1. The van der Waals surface area contributed by atoms with Crippen LogP contribution in [0.5, 0.6) is 11.5 Å². The molecule has 1 aromatic carbocycles. The lowest BCUT2D eigenvalue weighted by Gasteiger charge is -2.08. The maximum Gasteiger partial charge on any atom is 0.187 e. The Morgan fingerprint density at radius 3 is 2.72 bits per heavy atom. The first kappa shape index (κ1) is 16.5. The average Bonchev–Trinajstić information content (AvgIpc) is 3.13. The number of aromatic nitrogens is 1. The van der Waals surface area contributed by atoms with Crippen LogP contribution in [-0.2, 0) is 6.61 Å². The molecule has 0 saturated carbocycles. The van der Waals surface area contributed by atoms with Gasteiger partial charge in [-0.3, -0.25) is 9.78 Å². The van der Waals surface area contributed by atoms with E-state index in [1.165, 1.54) is 12.3 Å². The normalized spacial score (nSPS) is 10.8. The van der Waals surface area contributed by atoms with E-state index < -0.39 is 0 Å². The molecule has 0 fully saturated rings. The molecule has 2 aromatic heterocycles. The average molecular weight is 335 g/mol. The van der Waals surface area contributed by atoms with Gasteiger partial charge in [-0.25, -0.2) is 0 Å². The Labute approximate surface area is 145 Å². The van der Waals surface area contributed by atoms with Gasteiger partial charge >= 0.3 is 0 Å². The van der Waals surface area contributed by atoms with E-state index in [1.54, 1.807) is 37.6 Å². The summed E-state index contributed by atoms with van der Waals surface area (Å²) in [4.78, 5) is 15.9. The zero-order valence-electron chi connectivity index (χ0n) is 13.7. The first-order chi connectivity index (χ1) is 12.3. The molecule has 0 unspecified atom stereocenters. The largest absolute Gasteiger partial charge is 0.493 e. The number of pyridine rings is 1. The molecule has 5 nitrogen and oxygen atoms in total. The second-order valence-electron chi connectivity index (χ2n) is 5.18. The second-order valence-corrected chi connectivity index (χ2v) is 5.18. The number of carbonyl (C=O) groups excluding carboxylic acids is 1. The number of methoxy groups -OCH3 is 1. The first-order valence-corrected chi connectivity index (χ1v) is 7.73. The number of nitrogens with zero attached hydrogens (tertiary/aromatic N) is 1. The van der Waals surface area contributed by atoms with E-state index in [4.69, 9.17) is 13.9 Å². The van der Waals surface area contributed by atoms with Crippen LogP contribution in [0.2, 0.25) is 0 Å². The highest BCUT2D eigenvalue weighted by molar-refractivity contribution is 6.06. The third kappa shape index (κ3) is 4.35. The molecule has 0 radical (unpaired) electrons. The standard InChI is InChI=1S/C20H17NO4/c1-23-19-6-2-3-7-20(19)24-14-17-9-8-16(25-17)10-11-18(22)15-5-4-12-21-13-15/h2-13H,14H2,1H3/b11-10+. The summed E-state index contributed by atoms with van der Waals surface area (Å²) in [7, 11) is 1.59. The van der Waals surface area contributed by atoms with Gasteiger partial charge in [0.05, 0.1) is 7.11 Å². The summed E-state index contributed by atoms with van der Waals surface area (Å²) in [5.74, 6) is 2.41. The Morgan fingerprint density at radius 1 is 1.12 bits per heavy atom. The summed E-state index contributed by atoms with van der Waals surface area (Å²) in [6.07, 6.45) is 6.24. The number of furan rings is 1. The molecule has 0 N–H and O–H groups in total. The molecule has 5 heteroatoms. The Balaban J connectivity index is 1.61. The van der Waals surface area contributed by atoms with Crippen LogP contribution in [-0.4, -0.2) is 17.9 Å². The van der Waals surface area contributed by atoms with Crippen molar-refractivity contribution in [1.82, 2.24) is 4.98 Å². The highest BCUT2D eigenvalue weighted by Crippen LogP contribution is 2.26. The quantitative estimate of drug-likeness (QED) is 0.479. The van der Waals surface area contributed by atoms with Crippen molar-refractivity contribution in [2.24, 2.45) is 0 Å². The third-order valence-electron chi connectivity index (χ3n) is 3.47. The van der Waals surface area contributed by atoms with Crippen molar-refractivity contribution in [1.29, 1.82) is 0 Å². The van der Waals surface area contributed by atoms with Crippen LogP contribution in [0.3, 0.4) is 0 Å². The van der Waals surface area contributed by atoms with Crippen molar-refractivity contribution in [2.75, 3.05) is 7.11 Å². The Hall–Kier alpha value is -3.34. The molecule has 3 rings (SSSR count). The zero-order chi connectivity index (χ0) is 17.5. The van der Waals surface area contributed by atoms with Gasteiger partial charge in [0, 0.05) is 18.0 Å². The number of hydrogen-bond acceptors (Lipinski definition) is 5. The summed E-state index contributed by atoms with van der Waals surface area (Å²) in [6, 6.07) is 14.4.